The van der Waals surface area contributed by atoms with E-state index in [4.69, 9.17) is 4.74 Å². The first-order valence-corrected chi connectivity index (χ1v) is 10.2. The molecular formula is C20H21FN2O4S. The van der Waals surface area contributed by atoms with E-state index >= 15 is 0 Å². The molecule has 0 bridgehead atoms. The molecule has 1 amide bonds. The number of hydrogen-bond acceptors (Lipinski definition) is 4. The normalized spacial score (nSPS) is 15.7. The zero-order chi connectivity index (χ0) is 20.1. The molecular weight excluding hydrogens is 383 g/mol. The van der Waals surface area contributed by atoms with Crippen LogP contribution in [0.4, 0.5) is 4.39 Å². The lowest BCUT2D eigenvalue weighted by molar-refractivity contribution is -0.127. The van der Waals surface area contributed by atoms with Gasteiger partial charge in [0.1, 0.15) is 0 Å². The van der Waals surface area contributed by atoms with Gasteiger partial charge < -0.3 is 9.64 Å². The summed E-state index contributed by atoms with van der Waals surface area (Å²) in [6, 6.07) is 12.7. The monoisotopic (exact) mass is 404 g/mol. The molecule has 148 valence electrons. The molecule has 0 unspecified atom stereocenters. The molecule has 1 heterocycles. The van der Waals surface area contributed by atoms with Crippen molar-refractivity contribution in [3.05, 3.63) is 66.0 Å². The standard InChI is InChI=1S/C20H21FN2O4S/c1-27-19-9-7-16(15-18(19)21)8-10-20(24)22-11-13-23(14-12-22)28(25,26)17-5-3-2-4-6-17/h2-10,15H,11-14H2,1H3/b10-8+. The van der Waals surface area contributed by atoms with Gasteiger partial charge in [0, 0.05) is 32.3 Å². The number of piperazine rings is 1. The molecule has 1 aliphatic heterocycles. The van der Waals surface area contributed by atoms with Crippen LogP contribution in [0.3, 0.4) is 0 Å². The fraction of sp³-hybridized carbons (Fsp3) is 0.250. The van der Waals surface area contributed by atoms with Gasteiger partial charge in [-0.2, -0.15) is 4.31 Å². The van der Waals surface area contributed by atoms with Crippen molar-refractivity contribution < 1.29 is 22.3 Å². The molecule has 3 rings (SSSR count). The maximum absolute atomic E-state index is 13.7. The highest BCUT2D eigenvalue weighted by atomic mass is 32.2. The smallest absolute Gasteiger partial charge is 0.246 e. The molecule has 0 aromatic heterocycles. The summed E-state index contributed by atoms with van der Waals surface area (Å²) < 4.78 is 45.2. The molecule has 6 nitrogen and oxygen atoms in total. The van der Waals surface area contributed by atoms with Gasteiger partial charge in [-0.15, -0.1) is 0 Å². The van der Waals surface area contributed by atoms with Crippen LogP contribution in [0.2, 0.25) is 0 Å². The number of ether oxygens (including phenoxy) is 1. The van der Waals surface area contributed by atoms with Gasteiger partial charge in [0.05, 0.1) is 12.0 Å². The first-order chi connectivity index (χ1) is 13.4. The fourth-order valence-electron chi connectivity index (χ4n) is 2.95. The Morgan fingerprint density at radius 2 is 1.75 bits per heavy atom. The van der Waals surface area contributed by atoms with Crippen LogP contribution in [0.15, 0.2) is 59.5 Å². The molecule has 1 saturated heterocycles. The van der Waals surface area contributed by atoms with E-state index in [0.29, 0.717) is 18.7 Å². The minimum atomic E-state index is -3.55. The third-order valence-corrected chi connectivity index (χ3v) is 6.44. The van der Waals surface area contributed by atoms with Crippen molar-refractivity contribution in [3.63, 3.8) is 0 Å². The van der Waals surface area contributed by atoms with E-state index in [1.165, 1.54) is 35.7 Å². The first kappa shape index (κ1) is 20.0. The van der Waals surface area contributed by atoms with Crippen LogP contribution < -0.4 is 4.74 Å². The molecule has 0 aliphatic carbocycles. The number of halogens is 1. The van der Waals surface area contributed by atoms with Gasteiger partial charge in [-0.1, -0.05) is 24.3 Å². The summed E-state index contributed by atoms with van der Waals surface area (Å²) in [4.78, 5) is 14.2. The van der Waals surface area contributed by atoms with E-state index in [2.05, 4.69) is 0 Å². The van der Waals surface area contributed by atoms with Crippen LogP contribution in [-0.2, 0) is 14.8 Å². The molecule has 8 heteroatoms. The molecule has 0 saturated carbocycles. The molecule has 28 heavy (non-hydrogen) atoms. The molecule has 0 atom stereocenters. The number of carbonyl (C=O) groups excluding carboxylic acids is 1. The number of benzene rings is 2. The van der Waals surface area contributed by atoms with Crippen molar-refractivity contribution in [3.8, 4) is 5.75 Å². The van der Waals surface area contributed by atoms with Crippen LogP contribution in [0.5, 0.6) is 5.75 Å². The Kier molecular flexibility index (Phi) is 6.11. The van der Waals surface area contributed by atoms with Crippen LogP contribution in [0.25, 0.3) is 6.08 Å². The fourth-order valence-corrected chi connectivity index (χ4v) is 4.39. The predicted octanol–water partition coefficient (Wildman–Crippen LogP) is 2.38. The summed E-state index contributed by atoms with van der Waals surface area (Å²) in [5.41, 5.74) is 0.539. The van der Waals surface area contributed by atoms with Gasteiger partial charge in [0.2, 0.25) is 15.9 Å². The van der Waals surface area contributed by atoms with E-state index in [1.54, 1.807) is 41.3 Å². The zero-order valence-corrected chi connectivity index (χ0v) is 16.2. The second-order valence-corrected chi connectivity index (χ2v) is 8.21. The van der Waals surface area contributed by atoms with Crippen LogP contribution >= 0.6 is 0 Å². The van der Waals surface area contributed by atoms with Gasteiger partial charge >= 0.3 is 0 Å². The second-order valence-electron chi connectivity index (χ2n) is 6.27. The third-order valence-electron chi connectivity index (χ3n) is 4.53. The number of nitrogens with zero attached hydrogens (tertiary/aromatic N) is 2. The van der Waals surface area contributed by atoms with E-state index < -0.39 is 15.8 Å². The summed E-state index contributed by atoms with van der Waals surface area (Å²) in [5.74, 6) is -0.607. The van der Waals surface area contributed by atoms with Gasteiger partial charge in [-0.25, -0.2) is 12.8 Å². The van der Waals surface area contributed by atoms with Crippen LogP contribution in [0, 0.1) is 5.82 Å². The summed E-state index contributed by atoms with van der Waals surface area (Å²) in [6.07, 6.45) is 2.89. The van der Waals surface area contributed by atoms with E-state index in [-0.39, 0.29) is 29.6 Å². The molecule has 1 aliphatic rings. The van der Waals surface area contributed by atoms with Crippen molar-refractivity contribution >= 4 is 22.0 Å². The summed E-state index contributed by atoms with van der Waals surface area (Å²) in [6.45, 7) is 1.06. The maximum atomic E-state index is 13.7. The molecule has 1 fully saturated rings. The molecule has 0 radical (unpaired) electrons. The first-order valence-electron chi connectivity index (χ1n) is 8.77. The van der Waals surface area contributed by atoms with Crippen LogP contribution in [-0.4, -0.2) is 56.8 Å². The molecule has 2 aromatic rings. The second kappa shape index (κ2) is 8.53. The van der Waals surface area contributed by atoms with Crippen LogP contribution in [0.1, 0.15) is 5.56 Å². The van der Waals surface area contributed by atoms with Gasteiger partial charge in [0.25, 0.3) is 0 Å². The Morgan fingerprint density at radius 1 is 1.07 bits per heavy atom. The van der Waals surface area contributed by atoms with Gasteiger partial charge in [-0.3, -0.25) is 4.79 Å². The average molecular weight is 404 g/mol. The van der Waals surface area contributed by atoms with Crippen molar-refractivity contribution in [2.45, 2.75) is 4.90 Å². The van der Waals surface area contributed by atoms with Crippen molar-refractivity contribution in [1.29, 1.82) is 0 Å². The Labute approximate surface area is 163 Å². The summed E-state index contributed by atoms with van der Waals surface area (Å²) in [5, 5.41) is 0. The number of sulfonamides is 1. The summed E-state index contributed by atoms with van der Waals surface area (Å²) >= 11 is 0. The quantitative estimate of drug-likeness (QED) is 0.718. The van der Waals surface area contributed by atoms with E-state index in [0.717, 1.165) is 0 Å². The average Bonchev–Trinajstić information content (AvgIpc) is 2.73. The van der Waals surface area contributed by atoms with Crippen molar-refractivity contribution in [1.82, 2.24) is 9.21 Å². The lowest BCUT2D eigenvalue weighted by Gasteiger charge is -2.33. The Morgan fingerprint density at radius 3 is 2.36 bits per heavy atom. The lowest BCUT2D eigenvalue weighted by atomic mass is 10.2. The van der Waals surface area contributed by atoms with Gasteiger partial charge in [0.15, 0.2) is 11.6 Å². The third kappa shape index (κ3) is 4.40. The number of rotatable bonds is 5. The van der Waals surface area contributed by atoms with Gasteiger partial charge in [-0.05, 0) is 35.9 Å². The Bertz CT molecular complexity index is 969. The van der Waals surface area contributed by atoms with E-state index in [9.17, 15) is 17.6 Å². The SMILES string of the molecule is COc1ccc(/C=C/C(=O)N2CCN(S(=O)(=O)c3ccccc3)CC2)cc1F. The number of hydrogen-bond donors (Lipinski definition) is 0. The highest BCUT2D eigenvalue weighted by Crippen LogP contribution is 2.19. The van der Waals surface area contributed by atoms with E-state index in [1.807, 2.05) is 0 Å². The Balaban J connectivity index is 1.60. The topological polar surface area (TPSA) is 66.9 Å². The molecule has 2 aromatic carbocycles. The minimum Gasteiger partial charge on any atom is -0.494 e. The van der Waals surface area contributed by atoms with Crippen molar-refractivity contribution in [2.75, 3.05) is 33.3 Å². The number of carbonyl (C=O) groups is 1. The highest BCUT2D eigenvalue weighted by Gasteiger charge is 2.29. The maximum Gasteiger partial charge on any atom is 0.246 e. The summed E-state index contributed by atoms with van der Waals surface area (Å²) in [7, 11) is -2.17. The highest BCUT2D eigenvalue weighted by molar-refractivity contribution is 7.89. The predicted molar refractivity (Wildman–Crippen MR) is 104 cm³/mol. The zero-order valence-electron chi connectivity index (χ0n) is 15.4. The lowest BCUT2D eigenvalue weighted by Crippen LogP contribution is -2.50. The Hall–Kier alpha value is -2.71. The van der Waals surface area contributed by atoms with Crippen molar-refractivity contribution in [2.24, 2.45) is 0 Å². The minimum absolute atomic E-state index is 0.138. The number of amides is 1. The molecule has 0 N–H and O–H groups in total. The number of methoxy groups -OCH3 is 1. The molecule has 0 spiro atoms. The largest absolute Gasteiger partial charge is 0.494 e.